The monoisotopic (exact) mass is 481 g/mol. The van der Waals surface area contributed by atoms with E-state index in [9.17, 15) is 14.4 Å². The Balaban J connectivity index is 1.42. The van der Waals surface area contributed by atoms with Crippen LogP contribution in [0.25, 0.3) is 0 Å². The van der Waals surface area contributed by atoms with Crippen molar-refractivity contribution in [2.24, 2.45) is 5.92 Å². The van der Waals surface area contributed by atoms with Crippen LogP contribution in [0.4, 0.5) is 11.4 Å². The van der Waals surface area contributed by atoms with Gasteiger partial charge in [-0.15, -0.1) is 0 Å². The Kier molecular flexibility index (Phi) is 6.18. The minimum absolute atomic E-state index is 0.105. The lowest BCUT2D eigenvalue weighted by Gasteiger charge is -2.17. The van der Waals surface area contributed by atoms with Crippen LogP contribution in [0.3, 0.4) is 0 Å². The van der Waals surface area contributed by atoms with Crippen molar-refractivity contribution in [3.8, 4) is 0 Å². The number of rotatable bonds is 6. The smallest absolute Gasteiger partial charge is 0.253 e. The quantitative estimate of drug-likeness (QED) is 0.557. The Morgan fingerprint density at radius 2 is 1.84 bits per heavy atom. The molecule has 8 heteroatoms. The van der Waals surface area contributed by atoms with Crippen LogP contribution in [-0.4, -0.2) is 24.3 Å². The number of furan rings is 1. The number of benzene rings is 2. The standard InChI is InChI=1S/C23H20BrN3O4/c24-16-7-9-17(10-8-16)27-14-15(12-21(27)28)22(29)26-20-6-2-1-5-19(20)23(30)25-13-18-4-3-11-31-18/h1-11,15H,12-14H2,(H,25,30)(H,26,29)/t15-/m0/s1. The van der Waals surface area contributed by atoms with Gasteiger partial charge in [0.15, 0.2) is 0 Å². The number of hydrogen-bond acceptors (Lipinski definition) is 4. The maximum atomic E-state index is 12.9. The van der Waals surface area contributed by atoms with Crippen LogP contribution in [0.15, 0.2) is 75.8 Å². The van der Waals surface area contributed by atoms with E-state index in [4.69, 9.17) is 4.42 Å². The normalized spacial score (nSPS) is 15.7. The summed E-state index contributed by atoms with van der Waals surface area (Å²) >= 11 is 3.38. The molecule has 0 saturated carbocycles. The second-order valence-corrected chi connectivity index (χ2v) is 8.09. The topological polar surface area (TPSA) is 91.6 Å². The Labute approximate surface area is 187 Å². The van der Waals surface area contributed by atoms with Gasteiger partial charge < -0.3 is 20.0 Å². The van der Waals surface area contributed by atoms with Gasteiger partial charge in [-0.1, -0.05) is 28.1 Å². The number of halogens is 1. The second kappa shape index (κ2) is 9.18. The van der Waals surface area contributed by atoms with Gasteiger partial charge in [-0.3, -0.25) is 14.4 Å². The third-order valence-corrected chi connectivity index (χ3v) is 5.60. The van der Waals surface area contributed by atoms with E-state index >= 15 is 0 Å². The molecule has 31 heavy (non-hydrogen) atoms. The van der Waals surface area contributed by atoms with Crippen molar-refractivity contribution < 1.29 is 18.8 Å². The number of carbonyl (C=O) groups excluding carboxylic acids is 3. The van der Waals surface area contributed by atoms with Crippen molar-refractivity contribution in [2.45, 2.75) is 13.0 Å². The van der Waals surface area contributed by atoms with E-state index in [0.29, 0.717) is 23.6 Å². The highest BCUT2D eigenvalue weighted by Gasteiger charge is 2.35. The number of nitrogens with zero attached hydrogens (tertiary/aromatic N) is 1. The molecule has 0 radical (unpaired) electrons. The van der Waals surface area contributed by atoms with Crippen LogP contribution in [0.1, 0.15) is 22.5 Å². The highest BCUT2D eigenvalue weighted by molar-refractivity contribution is 9.10. The van der Waals surface area contributed by atoms with E-state index in [0.717, 1.165) is 10.2 Å². The molecule has 0 aliphatic carbocycles. The summed E-state index contributed by atoms with van der Waals surface area (Å²) in [5, 5.41) is 5.59. The van der Waals surface area contributed by atoms with Gasteiger partial charge in [-0.05, 0) is 48.5 Å². The van der Waals surface area contributed by atoms with E-state index in [1.165, 1.54) is 6.26 Å². The number of amides is 3. The number of nitrogens with one attached hydrogen (secondary N) is 2. The molecule has 1 fully saturated rings. The van der Waals surface area contributed by atoms with Crippen molar-refractivity contribution >= 4 is 45.0 Å². The molecule has 2 N–H and O–H groups in total. The van der Waals surface area contributed by atoms with Gasteiger partial charge in [0.1, 0.15) is 5.76 Å². The lowest BCUT2D eigenvalue weighted by atomic mass is 10.1. The summed E-state index contributed by atoms with van der Waals surface area (Å²) in [6.45, 7) is 0.534. The average molecular weight is 482 g/mol. The molecule has 158 valence electrons. The predicted octanol–water partition coefficient (Wildman–Crippen LogP) is 3.96. The molecule has 1 saturated heterocycles. The zero-order valence-electron chi connectivity index (χ0n) is 16.5. The first-order valence-electron chi connectivity index (χ1n) is 9.77. The maximum Gasteiger partial charge on any atom is 0.253 e. The maximum absolute atomic E-state index is 12.9. The van der Waals surface area contributed by atoms with Gasteiger partial charge >= 0.3 is 0 Å². The fourth-order valence-corrected chi connectivity index (χ4v) is 3.72. The van der Waals surface area contributed by atoms with Gasteiger partial charge in [-0.2, -0.15) is 0 Å². The number of carbonyl (C=O) groups is 3. The molecule has 2 aromatic carbocycles. The average Bonchev–Trinajstić information content (AvgIpc) is 3.43. The molecule has 0 spiro atoms. The summed E-state index contributed by atoms with van der Waals surface area (Å²) in [6, 6.07) is 17.7. The third kappa shape index (κ3) is 4.86. The van der Waals surface area contributed by atoms with Crippen LogP contribution >= 0.6 is 15.9 Å². The SMILES string of the molecule is O=C(NCc1ccco1)c1ccccc1NC(=O)[C@H]1CC(=O)N(c2ccc(Br)cc2)C1. The molecular formula is C23H20BrN3O4. The Bertz CT molecular complexity index is 1100. The van der Waals surface area contributed by atoms with E-state index in [2.05, 4.69) is 26.6 Å². The van der Waals surface area contributed by atoms with E-state index in [1.54, 1.807) is 41.3 Å². The minimum atomic E-state index is -0.504. The first-order valence-corrected chi connectivity index (χ1v) is 10.6. The first-order chi connectivity index (χ1) is 15.0. The van der Waals surface area contributed by atoms with Crippen molar-refractivity contribution in [3.63, 3.8) is 0 Å². The highest BCUT2D eigenvalue weighted by atomic mass is 79.9. The zero-order valence-corrected chi connectivity index (χ0v) is 18.1. The molecule has 1 aromatic heterocycles. The predicted molar refractivity (Wildman–Crippen MR) is 120 cm³/mol. The fourth-order valence-electron chi connectivity index (χ4n) is 3.45. The number of hydrogen-bond donors (Lipinski definition) is 2. The first kappa shape index (κ1) is 20.9. The molecule has 0 bridgehead atoms. The second-order valence-electron chi connectivity index (χ2n) is 7.18. The summed E-state index contributed by atoms with van der Waals surface area (Å²) in [4.78, 5) is 39.5. The Morgan fingerprint density at radius 3 is 2.58 bits per heavy atom. The van der Waals surface area contributed by atoms with Crippen molar-refractivity contribution in [3.05, 3.63) is 82.7 Å². The highest BCUT2D eigenvalue weighted by Crippen LogP contribution is 2.27. The molecule has 1 aliphatic heterocycles. The van der Waals surface area contributed by atoms with Crippen LogP contribution in [-0.2, 0) is 16.1 Å². The molecule has 7 nitrogen and oxygen atoms in total. The molecule has 0 unspecified atom stereocenters. The molecule has 4 rings (SSSR count). The van der Waals surface area contributed by atoms with Gasteiger partial charge in [0.2, 0.25) is 11.8 Å². The fraction of sp³-hybridized carbons (Fsp3) is 0.174. The van der Waals surface area contributed by atoms with E-state index < -0.39 is 5.92 Å². The largest absolute Gasteiger partial charge is 0.467 e. The zero-order chi connectivity index (χ0) is 21.8. The molecule has 3 amide bonds. The van der Waals surface area contributed by atoms with Crippen molar-refractivity contribution in [1.82, 2.24) is 5.32 Å². The van der Waals surface area contributed by atoms with E-state index in [1.807, 2.05) is 24.3 Å². The Morgan fingerprint density at radius 1 is 1.06 bits per heavy atom. The number of para-hydroxylation sites is 1. The third-order valence-electron chi connectivity index (χ3n) is 5.07. The lowest BCUT2D eigenvalue weighted by Crippen LogP contribution is -2.29. The van der Waals surface area contributed by atoms with Gasteiger partial charge in [0, 0.05) is 23.1 Å². The van der Waals surface area contributed by atoms with Crippen molar-refractivity contribution in [2.75, 3.05) is 16.8 Å². The Hall–Kier alpha value is -3.39. The van der Waals surface area contributed by atoms with Gasteiger partial charge in [0.25, 0.3) is 5.91 Å². The summed E-state index contributed by atoms with van der Waals surface area (Å²) in [5.74, 6) is -0.597. The van der Waals surface area contributed by atoms with Crippen LogP contribution < -0.4 is 15.5 Å². The van der Waals surface area contributed by atoms with E-state index in [-0.39, 0.29) is 30.7 Å². The molecular weight excluding hydrogens is 462 g/mol. The molecule has 1 atom stereocenters. The summed E-state index contributed by atoms with van der Waals surface area (Å²) in [5.41, 5.74) is 1.50. The summed E-state index contributed by atoms with van der Waals surface area (Å²) in [6.07, 6.45) is 1.66. The molecule has 3 aromatic rings. The summed E-state index contributed by atoms with van der Waals surface area (Å²) < 4.78 is 6.14. The van der Waals surface area contributed by atoms with Gasteiger partial charge in [0.05, 0.1) is 30.0 Å². The van der Waals surface area contributed by atoms with Crippen LogP contribution in [0, 0.1) is 5.92 Å². The van der Waals surface area contributed by atoms with Gasteiger partial charge in [-0.25, -0.2) is 0 Å². The molecule has 1 aliphatic rings. The minimum Gasteiger partial charge on any atom is -0.467 e. The van der Waals surface area contributed by atoms with Crippen LogP contribution in [0.5, 0.6) is 0 Å². The van der Waals surface area contributed by atoms with Crippen molar-refractivity contribution in [1.29, 1.82) is 0 Å². The summed E-state index contributed by atoms with van der Waals surface area (Å²) in [7, 11) is 0. The molecule has 2 heterocycles. The van der Waals surface area contributed by atoms with Crippen LogP contribution in [0.2, 0.25) is 0 Å². The number of anilines is 2. The lowest BCUT2D eigenvalue weighted by molar-refractivity contribution is -0.122.